The van der Waals surface area contributed by atoms with Crippen LogP contribution in [-0.4, -0.2) is 41.9 Å². The summed E-state index contributed by atoms with van der Waals surface area (Å²) in [6.07, 6.45) is 2.32. The van der Waals surface area contributed by atoms with Crippen molar-refractivity contribution in [2.24, 2.45) is 0 Å². The Bertz CT molecular complexity index is 132. The lowest BCUT2D eigenvalue weighted by molar-refractivity contribution is 0.0187. The van der Waals surface area contributed by atoms with Gasteiger partial charge in [0.25, 0.3) is 0 Å². The topological polar surface area (TPSA) is 23.5 Å². The van der Waals surface area contributed by atoms with Gasteiger partial charge in [-0.15, -0.1) is 0 Å². The molecule has 1 rings (SSSR count). The molecule has 12 heavy (non-hydrogen) atoms. The van der Waals surface area contributed by atoms with Crippen LogP contribution in [-0.2, 0) is 0 Å². The standard InChI is InChI=1S/C9H18FNO/c1-8-9(12)4-2-6-11(8)7-3-5-10/h8-9,12H,2-7H2,1H3. The zero-order chi connectivity index (χ0) is 8.97. The van der Waals surface area contributed by atoms with E-state index < -0.39 is 0 Å². The van der Waals surface area contributed by atoms with E-state index >= 15 is 0 Å². The maximum atomic E-state index is 11.9. The summed E-state index contributed by atoms with van der Waals surface area (Å²) < 4.78 is 11.9. The molecule has 72 valence electrons. The average molecular weight is 175 g/mol. The van der Waals surface area contributed by atoms with Gasteiger partial charge < -0.3 is 5.11 Å². The lowest BCUT2D eigenvalue weighted by Crippen LogP contribution is -2.46. The Morgan fingerprint density at radius 1 is 1.58 bits per heavy atom. The first-order chi connectivity index (χ1) is 5.75. The van der Waals surface area contributed by atoms with Crippen molar-refractivity contribution in [1.82, 2.24) is 4.90 Å². The van der Waals surface area contributed by atoms with E-state index in [-0.39, 0.29) is 18.8 Å². The molecule has 2 atom stereocenters. The highest BCUT2D eigenvalue weighted by Crippen LogP contribution is 2.17. The number of aliphatic hydroxyl groups excluding tert-OH is 1. The normalized spacial score (nSPS) is 32.2. The van der Waals surface area contributed by atoms with Gasteiger partial charge >= 0.3 is 0 Å². The predicted octanol–water partition coefficient (Wildman–Crippen LogP) is 1.19. The molecule has 3 heteroatoms. The molecule has 0 saturated carbocycles. The third-order valence-corrected chi connectivity index (χ3v) is 2.66. The fraction of sp³-hybridized carbons (Fsp3) is 1.00. The third kappa shape index (κ3) is 2.42. The highest BCUT2D eigenvalue weighted by Gasteiger charge is 2.25. The summed E-state index contributed by atoms with van der Waals surface area (Å²) in [6.45, 7) is 3.56. The molecule has 1 saturated heterocycles. The number of halogens is 1. The van der Waals surface area contributed by atoms with Gasteiger partial charge in [-0.3, -0.25) is 9.29 Å². The van der Waals surface area contributed by atoms with Gasteiger partial charge in [-0.1, -0.05) is 0 Å². The number of piperidine rings is 1. The Morgan fingerprint density at radius 2 is 2.33 bits per heavy atom. The number of likely N-dealkylation sites (tertiary alicyclic amines) is 1. The number of rotatable bonds is 3. The van der Waals surface area contributed by atoms with Crippen molar-refractivity contribution in [3.8, 4) is 0 Å². The Kier molecular flexibility index (Phi) is 3.95. The van der Waals surface area contributed by atoms with Gasteiger partial charge in [-0.25, -0.2) is 0 Å². The average Bonchev–Trinajstić information content (AvgIpc) is 2.08. The number of alkyl halides is 1. The molecular weight excluding hydrogens is 157 g/mol. The third-order valence-electron chi connectivity index (χ3n) is 2.66. The molecule has 2 nitrogen and oxygen atoms in total. The summed E-state index contributed by atoms with van der Waals surface area (Å²) in [5.74, 6) is 0. The molecule has 0 amide bonds. The van der Waals surface area contributed by atoms with Crippen LogP contribution in [0.4, 0.5) is 4.39 Å². The Morgan fingerprint density at radius 3 is 3.00 bits per heavy atom. The highest BCUT2D eigenvalue weighted by atomic mass is 19.1. The summed E-state index contributed by atoms with van der Waals surface area (Å²) in [4.78, 5) is 2.17. The minimum atomic E-state index is -0.251. The maximum absolute atomic E-state index is 11.9. The molecule has 1 aliphatic heterocycles. The van der Waals surface area contributed by atoms with Gasteiger partial charge in [0.2, 0.25) is 0 Å². The van der Waals surface area contributed by atoms with Crippen molar-refractivity contribution in [3.05, 3.63) is 0 Å². The van der Waals surface area contributed by atoms with Gasteiger partial charge in [-0.05, 0) is 32.7 Å². The maximum Gasteiger partial charge on any atom is 0.0906 e. The summed E-state index contributed by atoms with van der Waals surface area (Å²) in [5.41, 5.74) is 0. The van der Waals surface area contributed by atoms with Crippen molar-refractivity contribution in [2.75, 3.05) is 19.8 Å². The fourth-order valence-corrected chi connectivity index (χ4v) is 1.77. The van der Waals surface area contributed by atoms with Crippen LogP contribution in [0.2, 0.25) is 0 Å². The quantitative estimate of drug-likeness (QED) is 0.696. The van der Waals surface area contributed by atoms with E-state index in [1.165, 1.54) is 0 Å². The van der Waals surface area contributed by atoms with Gasteiger partial charge in [0.1, 0.15) is 0 Å². The largest absolute Gasteiger partial charge is 0.392 e. The number of hydrogen-bond acceptors (Lipinski definition) is 2. The molecule has 2 unspecified atom stereocenters. The lowest BCUT2D eigenvalue weighted by Gasteiger charge is -2.36. The summed E-state index contributed by atoms with van der Waals surface area (Å²) in [5, 5.41) is 9.51. The van der Waals surface area contributed by atoms with E-state index in [9.17, 15) is 9.50 Å². The molecule has 0 spiro atoms. The van der Waals surface area contributed by atoms with Crippen molar-refractivity contribution in [2.45, 2.75) is 38.3 Å². The van der Waals surface area contributed by atoms with Crippen LogP contribution in [0, 0.1) is 0 Å². The van der Waals surface area contributed by atoms with E-state index in [4.69, 9.17) is 0 Å². The molecule has 1 N–H and O–H groups in total. The van der Waals surface area contributed by atoms with Gasteiger partial charge in [0, 0.05) is 12.6 Å². The molecule has 1 fully saturated rings. The second-order valence-corrected chi connectivity index (χ2v) is 3.53. The minimum absolute atomic E-state index is 0.210. The van der Waals surface area contributed by atoms with Gasteiger partial charge in [-0.2, -0.15) is 0 Å². The van der Waals surface area contributed by atoms with Gasteiger partial charge in [0.15, 0.2) is 0 Å². The zero-order valence-electron chi connectivity index (χ0n) is 7.67. The van der Waals surface area contributed by atoms with Crippen LogP contribution in [0.3, 0.4) is 0 Å². The fourth-order valence-electron chi connectivity index (χ4n) is 1.77. The molecule has 0 aromatic carbocycles. The summed E-state index contributed by atoms with van der Waals surface area (Å²) >= 11 is 0. The minimum Gasteiger partial charge on any atom is -0.392 e. The van der Waals surface area contributed by atoms with E-state index in [1.54, 1.807) is 0 Å². The molecule has 0 aromatic heterocycles. The Labute approximate surface area is 73.4 Å². The molecular formula is C9H18FNO. The monoisotopic (exact) mass is 175 g/mol. The molecule has 1 heterocycles. The molecule has 0 radical (unpaired) electrons. The summed E-state index contributed by atoms with van der Waals surface area (Å²) in [7, 11) is 0. The van der Waals surface area contributed by atoms with Crippen LogP contribution in [0.1, 0.15) is 26.2 Å². The lowest BCUT2D eigenvalue weighted by atomic mass is 10.0. The molecule has 0 bridgehead atoms. The van der Waals surface area contributed by atoms with Crippen molar-refractivity contribution < 1.29 is 9.50 Å². The van der Waals surface area contributed by atoms with Crippen LogP contribution in [0.5, 0.6) is 0 Å². The first-order valence-corrected chi connectivity index (χ1v) is 4.74. The number of aliphatic hydroxyl groups is 1. The van der Waals surface area contributed by atoms with Gasteiger partial charge in [0.05, 0.1) is 12.8 Å². The summed E-state index contributed by atoms with van der Waals surface area (Å²) in [6, 6.07) is 0.213. The van der Waals surface area contributed by atoms with Crippen molar-refractivity contribution in [1.29, 1.82) is 0 Å². The van der Waals surface area contributed by atoms with Crippen molar-refractivity contribution in [3.63, 3.8) is 0 Å². The Hall–Kier alpha value is -0.150. The first-order valence-electron chi connectivity index (χ1n) is 4.74. The predicted molar refractivity (Wildman–Crippen MR) is 46.9 cm³/mol. The highest BCUT2D eigenvalue weighted by molar-refractivity contribution is 4.80. The zero-order valence-corrected chi connectivity index (χ0v) is 7.67. The molecule has 0 aromatic rings. The van der Waals surface area contributed by atoms with Crippen LogP contribution < -0.4 is 0 Å². The van der Waals surface area contributed by atoms with Crippen LogP contribution in [0.25, 0.3) is 0 Å². The van der Waals surface area contributed by atoms with E-state index in [0.29, 0.717) is 6.42 Å². The molecule has 1 aliphatic rings. The first kappa shape index (κ1) is 9.93. The van der Waals surface area contributed by atoms with Crippen LogP contribution >= 0.6 is 0 Å². The second kappa shape index (κ2) is 4.77. The molecule has 0 aliphatic carbocycles. The second-order valence-electron chi connectivity index (χ2n) is 3.53. The van der Waals surface area contributed by atoms with E-state index in [1.807, 2.05) is 6.92 Å². The smallest absolute Gasteiger partial charge is 0.0906 e. The van der Waals surface area contributed by atoms with E-state index in [2.05, 4.69) is 4.90 Å². The Balaban J connectivity index is 2.30. The number of nitrogens with zero attached hydrogens (tertiary/aromatic N) is 1. The SMILES string of the molecule is CC1C(O)CCCN1CCCF. The number of hydrogen-bond donors (Lipinski definition) is 1. The van der Waals surface area contributed by atoms with E-state index in [0.717, 1.165) is 25.9 Å². The van der Waals surface area contributed by atoms with Crippen LogP contribution in [0.15, 0.2) is 0 Å². The van der Waals surface area contributed by atoms with Crippen molar-refractivity contribution >= 4 is 0 Å².